The number of carbonyl (C=O) groups is 2. The summed E-state index contributed by atoms with van der Waals surface area (Å²) in [4.78, 5) is 22.2. The first-order chi connectivity index (χ1) is 9.02. The molecule has 0 aromatic heterocycles. The lowest BCUT2D eigenvalue weighted by atomic mass is 10.2. The van der Waals surface area contributed by atoms with Gasteiger partial charge in [-0.25, -0.2) is 4.39 Å². The molecule has 1 amide bonds. The maximum Gasteiger partial charge on any atom is 0.307 e. The zero-order valence-electron chi connectivity index (χ0n) is 10.4. The van der Waals surface area contributed by atoms with Crippen LogP contribution in [-0.4, -0.2) is 24.1 Å². The monoisotopic (exact) mass is 267 g/mol. The molecule has 102 valence electrons. The SMILES string of the molecule is COc1ccc(CNC(=O)C2CC2C(=O)O)cc1F. The normalized spacial score (nSPS) is 20.7. The Morgan fingerprint density at radius 2 is 2.21 bits per heavy atom. The summed E-state index contributed by atoms with van der Waals surface area (Å²) in [5.41, 5.74) is 0.596. The molecule has 1 aliphatic carbocycles. The second-order valence-corrected chi connectivity index (χ2v) is 4.47. The predicted octanol–water partition coefficient (Wildman–Crippen LogP) is 1.17. The molecule has 2 atom stereocenters. The van der Waals surface area contributed by atoms with E-state index >= 15 is 0 Å². The first-order valence-electron chi connectivity index (χ1n) is 5.86. The van der Waals surface area contributed by atoms with Crippen molar-refractivity contribution in [3.05, 3.63) is 29.6 Å². The van der Waals surface area contributed by atoms with E-state index < -0.39 is 23.6 Å². The topological polar surface area (TPSA) is 75.6 Å². The number of carbonyl (C=O) groups excluding carboxylic acids is 1. The summed E-state index contributed by atoms with van der Waals surface area (Å²) in [6, 6.07) is 4.40. The lowest BCUT2D eigenvalue weighted by molar-refractivity contribution is -0.140. The van der Waals surface area contributed by atoms with Crippen molar-refractivity contribution in [2.45, 2.75) is 13.0 Å². The zero-order valence-corrected chi connectivity index (χ0v) is 10.4. The third kappa shape index (κ3) is 3.01. The number of carboxylic acid groups (broad SMARTS) is 1. The van der Waals surface area contributed by atoms with E-state index in [1.807, 2.05) is 0 Å². The van der Waals surface area contributed by atoms with Crippen molar-refractivity contribution in [3.63, 3.8) is 0 Å². The molecule has 19 heavy (non-hydrogen) atoms. The Hall–Kier alpha value is -2.11. The van der Waals surface area contributed by atoms with Gasteiger partial charge in [0.2, 0.25) is 5.91 Å². The summed E-state index contributed by atoms with van der Waals surface area (Å²) in [6.07, 6.45) is 0.373. The molecule has 0 spiro atoms. The molecule has 0 bridgehead atoms. The van der Waals surface area contributed by atoms with Gasteiger partial charge in [-0.1, -0.05) is 6.07 Å². The number of rotatable bonds is 5. The van der Waals surface area contributed by atoms with Gasteiger partial charge in [-0.05, 0) is 24.1 Å². The maximum absolute atomic E-state index is 13.4. The summed E-state index contributed by atoms with van der Waals surface area (Å²) < 4.78 is 18.2. The molecule has 6 heteroatoms. The number of hydrogen-bond acceptors (Lipinski definition) is 3. The number of amides is 1. The number of halogens is 1. The van der Waals surface area contributed by atoms with E-state index in [0.29, 0.717) is 12.0 Å². The Bertz CT molecular complexity index is 517. The fourth-order valence-electron chi connectivity index (χ4n) is 1.90. The van der Waals surface area contributed by atoms with E-state index in [2.05, 4.69) is 5.32 Å². The van der Waals surface area contributed by atoms with Crippen LogP contribution >= 0.6 is 0 Å². The molecule has 1 fully saturated rings. The van der Waals surface area contributed by atoms with Gasteiger partial charge < -0.3 is 15.2 Å². The van der Waals surface area contributed by atoms with E-state index in [4.69, 9.17) is 9.84 Å². The molecule has 0 heterocycles. The fourth-order valence-corrected chi connectivity index (χ4v) is 1.90. The highest BCUT2D eigenvalue weighted by Gasteiger charge is 2.48. The van der Waals surface area contributed by atoms with Crippen molar-refractivity contribution in [2.75, 3.05) is 7.11 Å². The Morgan fingerprint density at radius 1 is 1.47 bits per heavy atom. The molecule has 2 N–H and O–H groups in total. The zero-order chi connectivity index (χ0) is 14.0. The van der Waals surface area contributed by atoms with Crippen LogP contribution in [0.3, 0.4) is 0 Å². The summed E-state index contributed by atoms with van der Waals surface area (Å²) in [5.74, 6) is -2.64. The summed E-state index contributed by atoms with van der Waals surface area (Å²) >= 11 is 0. The third-order valence-electron chi connectivity index (χ3n) is 3.13. The van der Waals surface area contributed by atoms with Gasteiger partial charge in [-0.2, -0.15) is 0 Å². The molecular formula is C13H14FNO4. The lowest BCUT2D eigenvalue weighted by Gasteiger charge is -2.07. The van der Waals surface area contributed by atoms with E-state index in [0.717, 1.165) is 0 Å². The highest BCUT2D eigenvalue weighted by Crippen LogP contribution is 2.38. The van der Waals surface area contributed by atoms with Crippen LogP contribution in [0.2, 0.25) is 0 Å². The quantitative estimate of drug-likeness (QED) is 0.839. The molecule has 1 aromatic carbocycles. The van der Waals surface area contributed by atoms with Crippen LogP contribution in [-0.2, 0) is 16.1 Å². The minimum atomic E-state index is -0.948. The number of nitrogens with one attached hydrogen (secondary N) is 1. The molecule has 2 unspecified atom stereocenters. The van der Waals surface area contributed by atoms with Gasteiger partial charge in [-0.3, -0.25) is 9.59 Å². The number of hydrogen-bond donors (Lipinski definition) is 2. The van der Waals surface area contributed by atoms with Crippen LogP contribution in [0.25, 0.3) is 0 Å². The number of methoxy groups -OCH3 is 1. The number of ether oxygens (including phenoxy) is 1. The van der Waals surface area contributed by atoms with Crippen LogP contribution < -0.4 is 10.1 Å². The van der Waals surface area contributed by atoms with Crippen molar-refractivity contribution >= 4 is 11.9 Å². The van der Waals surface area contributed by atoms with Crippen LogP contribution in [0.1, 0.15) is 12.0 Å². The maximum atomic E-state index is 13.4. The van der Waals surface area contributed by atoms with Crippen LogP contribution in [0.5, 0.6) is 5.75 Å². The van der Waals surface area contributed by atoms with E-state index in [1.54, 1.807) is 6.07 Å². The van der Waals surface area contributed by atoms with Crippen molar-refractivity contribution in [2.24, 2.45) is 11.8 Å². The molecule has 5 nitrogen and oxygen atoms in total. The van der Waals surface area contributed by atoms with Crippen molar-refractivity contribution < 1.29 is 23.8 Å². The first kappa shape index (κ1) is 13.3. The van der Waals surface area contributed by atoms with Crippen LogP contribution in [0.15, 0.2) is 18.2 Å². The molecule has 2 rings (SSSR count). The Labute approximate surface area is 109 Å². The Morgan fingerprint density at radius 3 is 2.74 bits per heavy atom. The number of carboxylic acids is 1. The van der Waals surface area contributed by atoms with Crippen LogP contribution in [0.4, 0.5) is 4.39 Å². The van der Waals surface area contributed by atoms with Crippen molar-refractivity contribution in [3.8, 4) is 5.75 Å². The van der Waals surface area contributed by atoms with E-state index in [1.165, 1.54) is 19.2 Å². The first-order valence-corrected chi connectivity index (χ1v) is 5.86. The van der Waals surface area contributed by atoms with Crippen molar-refractivity contribution in [1.29, 1.82) is 0 Å². The van der Waals surface area contributed by atoms with Gasteiger partial charge in [0.25, 0.3) is 0 Å². The average Bonchev–Trinajstić information content (AvgIpc) is 3.16. The van der Waals surface area contributed by atoms with E-state index in [-0.39, 0.29) is 18.2 Å². The Balaban J connectivity index is 1.87. The molecule has 1 saturated carbocycles. The third-order valence-corrected chi connectivity index (χ3v) is 3.13. The number of aliphatic carboxylic acids is 1. The van der Waals surface area contributed by atoms with E-state index in [9.17, 15) is 14.0 Å². The molecule has 0 radical (unpaired) electrons. The predicted molar refractivity (Wildman–Crippen MR) is 64.0 cm³/mol. The van der Waals surface area contributed by atoms with Gasteiger partial charge in [0, 0.05) is 6.54 Å². The Kier molecular flexibility index (Phi) is 3.69. The van der Waals surface area contributed by atoms with Gasteiger partial charge in [-0.15, -0.1) is 0 Å². The number of benzene rings is 1. The van der Waals surface area contributed by atoms with Gasteiger partial charge >= 0.3 is 5.97 Å². The second-order valence-electron chi connectivity index (χ2n) is 4.47. The molecule has 0 saturated heterocycles. The average molecular weight is 267 g/mol. The minimum absolute atomic E-state index is 0.142. The van der Waals surface area contributed by atoms with Gasteiger partial charge in [0.05, 0.1) is 18.9 Å². The standard InChI is InChI=1S/C13H14FNO4/c1-19-11-3-2-7(4-10(11)14)6-15-12(16)8-5-9(8)13(17)18/h2-4,8-9H,5-6H2,1H3,(H,15,16)(H,17,18). The highest BCUT2D eigenvalue weighted by atomic mass is 19.1. The van der Waals surface area contributed by atoms with Crippen LogP contribution in [0, 0.1) is 17.7 Å². The molecule has 1 aromatic rings. The summed E-state index contributed by atoms with van der Waals surface area (Å²) in [5, 5.41) is 11.3. The summed E-state index contributed by atoms with van der Waals surface area (Å²) in [6.45, 7) is 0.169. The summed E-state index contributed by atoms with van der Waals surface area (Å²) in [7, 11) is 1.37. The lowest BCUT2D eigenvalue weighted by Crippen LogP contribution is -2.25. The minimum Gasteiger partial charge on any atom is -0.494 e. The smallest absolute Gasteiger partial charge is 0.307 e. The largest absolute Gasteiger partial charge is 0.494 e. The van der Waals surface area contributed by atoms with Gasteiger partial charge in [0.1, 0.15) is 0 Å². The molecule has 1 aliphatic rings. The second kappa shape index (κ2) is 5.26. The van der Waals surface area contributed by atoms with Gasteiger partial charge in [0.15, 0.2) is 11.6 Å². The molecular weight excluding hydrogens is 253 g/mol. The van der Waals surface area contributed by atoms with Crippen molar-refractivity contribution in [1.82, 2.24) is 5.32 Å². The highest BCUT2D eigenvalue weighted by molar-refractivity contribution is 5.89. The molecule has 0 aliphatic heterocycles. The fraction of sp³-hybridized carbons (Fsp3) is 0.385.